The predicted molar refractivity (Wildman–Crippen MR) is 92.9 cm³/mol. The second-order valence-corrected chi connectivity index (χ2v) is 5.78. The van der Waals surface area contributed by atoms with E-state index in [9.17, 15) is 9.59 Å². The van der Waals surface area contributed by atoms with Crippen molar-refractivity contribution in [1.82, 2.24) is 0 Å². The topological polar surface area (TPSA) is 87.9 Å². The van der Waals surface area contributed by atoms with Crippen LogP contribution in [0.1, 0.15) is 50.7 Å². The van der Waals surface area contributed by atoms with Crippen molar-refractivity contribution in [3.05, 3.63) is 40.8 Å². The van der Waals surface area contributed by atoms with Crippen LogP contribution in [0.3, 0.4) is 0 Å². The van der Waals surface area contributed by atoms with Gasteiger partial charge in [-0.2, -0.15) is 0 Å². The van der Waals surface area contributed by atoms with Gasteiger partial charge in [-0.25, -0.2) is 4.79 Å². The van der Waals surface area contributed by atoms with Crippen molar-refractivity contribution < 1.29 is 23.8 Å². The third-order valence-corrected chi connectivity index (χ3v) is 3.99. The molecule has 0 spiro atoms. The Bertz CT molecular complexity index is 680. The van der Waals surface area contributed by atoms with E-state index in [1.807, 2.05) is 18.2 Å². The normalized spacial score (nSPS) is 16.0. The first-order valence-electron chi connectivity index (χ1n) is 8.64. The molecule has 2 rings (SSSR count). The zero-order chi connectivity index (χ0) is 18.4. The van der Waals surface area contributed by atoms with Crippen molar-refractivity contribution in [2.45, 2.75) is 46.0 Å². The largest absolute Gasteiger partial charge is 0.466 e. The second kappa shape index (κ2) is 8.55. The Morgan fingerprint density at radius 1 is 1.16 bits per heavy atom. The minimum absolute atomic E-state index is 0.00856. The highest BCUT2D eigenvalue weighted by molar-refractivity contribution is 5.92. The van der Waals surface area contributed by atoms with Crippen LogP contribution < -0.4 is 10.5 Å². The number of fused-ring (bicyclic) bond motifs is 1. The molecule has 1 aliphatic heterocycles. The minimum atomic E-state index is -0.569. The van der Waals surface area contributed by atoms with Crippen LogP contribution in [-0.4, -0.2) is 25.2 Å². The lowest BCUT2D eigenvalue weighted by Crippen LogP contribution is -2.28. The van der Waals surface area contributed by atoms with Crippen molar-refractivity contribution in [3.8, 4) is 5.75 Å². The molecule has 0 aliphatic carbocycles. The van der Waals surface area contributed by atoms with Gasteiger partial charge in [-0.15, -0.1) is 0 Å². The molecule has 2 N–H and O–H groups in total. The number of ether oxygens (including phenoxy) is 3. The molecule has 6 heteroatoms. The molecule has 0 amide bonds. The molecule has 1 unspecified atom stereocenters. The maximum Gasteiger partial charge on any atom is 0.340 e. The lowest BCUT2D eigenvalue weighted by atomic mass is 9.85. The zero-order valence-corrected chi connectivity index (χ0v) is 15.0. The minimum Gasteiger partial charge on any atom is -0.466 e. The average molecular weight is 347 g/mol. The Balaban J connectivity index is 2.46. The Hall–Kier alpha value is -2.50. The van der Waals surface area contributed by atoms with Crippen LogP contribution in [0.2, 0.25) is 0 Å². The molecule has 1 aliphatic rings. The number of nitrogens with two attached hydrogens (primary N) is 1. The number of rotatable bonds is 7. The molecule has 0 radical (unpaired) electrons. The summed E-state index contributed by atoms with van der Waals surface area (Å²) in [4.78, 5) is 24.5. The number of hydrogen-bond acceptors (Lipinski definition) is 6. The summed E-state index contributed by atoms with van der Waals surface area (Å²) < 4.78 is 15.8. The fourth-order valence-corrected chi connectivity index (χ4v) is 2.96. The Kier molecular flexibility index (Phi) is 6.44. The maximum atomic E-state index is 12.4. The van der Waals surface area contributed by atoms with Crippen LogP contribution in [0, 0.1) is 0 Å². The molecule has 1 aromatic rings. The molecule has 0 aromatic heterocycles. The molecule has 0 saturated carbocycles. The maximum absolute atomic E-state index is 12.4. The van der Waals surface area contributed by atoms with Crippen molar-refractivity contribution in [1.29, 1.82) is 0 Å². The van der Waals surface area contributed by atoms with E-state index in [4.69, 9.17) is 19.9 Å². The van der Waals surface area contributed by atoms with Gasteiger partial charge in [0.05, 0.1) is 19.6 Å². The zero-order valence-electron chi connectivity index (χ0n) is 15.0. The molecule has 1 heterocycles. The number of carbonyl (C=O) groups excluding carboxylic acids is 2. The molecular formula is C19H25NO5. The lowest BCUT2D eigenvalue weighted by molar-refractivity contribution is -0.143. The van der Waals surface area contributed by atoms with Gasteiger partial charge in [-0.05, 0) is 31.9 Å². The molecule has 0 bridgehead atoms. The number of aryl methyl sites for hydroxylation is 1. The lowest BCUT2D eigenvalue weighted by Gasteiger charge is -2.28. The van der Waals surface area contributed by atoms with E-state index in [-0.39, 0.29) is 31.1 Å². The van der Waals surface area contributed by atoms with Crippen LogP contribution in [0.4, 0.5) is 0 Å². The SMILES string of the molecule is CCCc1ccc2c(c1)C(CC(=O)OCC)C(C(=O)OCC)=C(N)O2. The van der Waals surface area contributed by atoms with E-state index >= 15 is 0 Å². The standard InChI is InChI=1S/C19H25NO5/c1-4-7-12-8-9-15-13(10-12)14(11-16(21)23-5-2)17(18(20)25-15)19(22)24-6-3/h8-10,14H,4-7,11,20H2,1-3H3. The predicted octanol–water partition coefficient (Wildman–Crippen LogP) is 2.80. The summed E-state index contributed by atoms with van der Waals surface area (Å²) in [7, 11) is 0. The van der Waals surface area contributed by atoms with Crippen molar-refractivity contribution in [2.75, 3.05) is 13.2 Å². The van der Waals surface area contributed by atoms with Gasteiger partial charge in [0.1, 0.15) is 11.3 Å². The first-order valence-corrected chi connectivity index (χ1v) is 8.64. The molecule has 136 valence electrons. The summed E-state index contributed by atoms with van der Waals surface area (Å²) in [6, 6.07) is 5.76. The van der Waals surface area contributed by atoms with Gasteiger partial charge >= 0.3 is 11.9 Å². The summed E-state index contributed by atoms with van der Waals surface area (Å²) in [6.07, 6.45) is 1.90. The second-order valence-electron chi connectivity index (χ2n) is 5.78. The molecule has 1 atom stereocenters. The van der Waals surface area contributed by atoms with Gasteiger partial charge in [0, 0.05) is 11.5 Å². The van der Waals surface area contributed by atoms with Crippen molar-refractivity contribution in [3.63, 3.8) is 0 Å². The van der Waals surface area contributed by atoms with Gasteiger partial charge in [0.15, 0.2) is 0 Å². The molecule has 0 saturated heterocycles. The van der Waals surface area contributed by atoms with Gasteiger partial charge in [-0.3, -0.25) is 4.79 Å². The highest BCUT2D eigenvalue weighted by Gasteiger charge is 2.36. The fourth-order valence-electron chi connectivity index (χ4n) is 2.96. The third kappa shape index (κ3) is 4.32. The van der Waals surface area contributed by atoms with Crippen LogP contribution >= 0.6 is 0 Å². The molecule has 25 heavy (non-hydrogen) atoms. The van der Waals surface area contributed by atoms with E-state index in [2.05, 4.69) is 6.92 Å². The van der Waals surface area contributed by atoms with Gasteiger partial charge in [-0.1, -0.05) is 25.5 Å². The van der Waals surface area contributed by atoms with Crippen molar-refractivity contribution in [2.24, 2.45) is 5.73 Å². The van der Waals surface area contributed by atoms with E-state index < -0.39 is 17.9 Å². The molecule has 0 fully saturated rings. The van der Waals surface area contributed by atoms with Gasteiger partial charge in [0.25, 0.3) is 0 Å². The molecule has 1 aromatic carbocycles. The summed E-state index contributed by atoms with van der Waals surface area (Å²) in [5.74, 6) is -0.974. The average Bonchev–Trinajstić information content (AvgIpc) is 2.56. The summed E-state index contributed by atoms with van der Waals surface area (Å²) in [5.41, 5.74) is 8.02. The first kappa shape index (κ1) is 18.8. The van der Waals surface area contributed by atoms with E-state index in [1.165, 1.54) is 0 Å². The number of esters is 2. The van der Waals surface area contributed by atoms with E-state index in [1.54, 1.807) is 13.8 Å². The fraction of sp³-hybridized carbons (Fsp3) is 0.474. The first-order chi connectivity index (χ1) is 12.0. The monoisotopic (exact) mass is 347 g/mol. The quantitative estimate of drug-likeness (QED) is 0.763. The highest BCUT2D eigenvalue weighted by atomic mass is 16.5. The Morgan fingerprint density at radius 3 is 2.52 bits per heavy atom. The molecular weight excluding hydrogens is 322 g/mol. The van der Waals surface area contributed by atoms with E-state index in [0.717, 1.165) is 24.0 Å². The smallest absolute Gasteiger partial charge is 0.340 e. The van der Waals surface area contributed by atoms with Gasteiger partial charge in [0.2, 0.25) is 5.88 Å². The summed E-state index contributed by atoms with van der Waals surface area (Å²) >= 11 is 0. The Labute approximate surface area is 147 Å². The van der Waals surface area contributed by atoms with Crippen LogP contribution in [-0.2, 0) is 25.5 Å². The van der Waals surface area contributed by atoms with Crippen molar-refractivity contribution >= 4 is 11.9 Å². The number of hydrogen-bond donors (Lipinski definition) is 1. The third-order valence-electron chi connectivity index (χ3n) is 3.99. The van der Waals surface area contributed by atoms with Gasteiger partial charge < -0.3 is 19.9 Å². The van der Waals surface area contributed by atoms with Crippen LogP contribution in [0.15, 0.2) is 29.7 Å². The van der Waals surface area contributed by atoms with Crippen LogP contribution in [0.25, 0.3) is 0 Å². The number of benzene rings is 1. The molecule has 6 nitrogen and oxygen atoms in total. The summed E-state index contributed by atoms with van der Waals surface area (Å²) in [6.45, 7) is 6.04. The summed E-state index contributed by atoms with van der Waals surface area (Å²) in [5, 5.41) is 0. The van der Waals surface area contributed by atoms with E-state index in [0.29, 0.717) is 5.75 Å². The number of carbonyl (C=O) groups is 2. The highest BCUT2D eigenvalue weighted by Crippen LogP contribution is 2.41. The van der Waals surface area contributed by atoms with Crippen LogP contribution in [0.5, 0.6) is 5.75 Å². The Morgan fingerprint density at radius 2 is 1.88 bits per heavy atom.